The maximum Gasteiger partial charge on any atom is 0.253 e. The molecule has 0 N–H and O–H groups in total. The number of hydrogen-bond donors (Lipinski definition) is 0. The number of nitrogens with zero attached hydrogens (tertiary/aromatic N) is 6. The first-order chi connectivity index (χ1) is 13.6. The van der Waals surface area contributed by atoms with Gasteiger partial charge in [-0.15, -0.1) is 0 Å². The molecule has 0 bridgehead atoms. The molecule has 7 heteroatoms. The van der Waals surface area contributed by atoms with Gasteiger partial charge in [0.05, 0.1) is 0 Å². The highest BCUT2D eigenvalue weighted by molar-refractivity contribution is 5.94. The van der Waals surface area contributed by atoms with Crippen molar-refractivity contribution < 1.29 is 4.79 Å². The van der Waals surface area contributed by atoms with E-state index in [1.165, 1.54) is 19.2 Å². The molecule has 0 radical (unpaired) electrons. The number of fused-ring (bicyclic) bond motifs is 1. The van der Waals surface area contributed by atoms with Gasteiger partial charge in [-0.05, 0) is 50.6 Å². The fourth-order valence-corrected chi connectivity index (χ4v) is 4.73. The summed E-state index contributed by atoms with van der Waals surface area (Å²) < 4.78 is 1.65. The Morgan fingerprint density at radius 1 is 1.04 bits per heavy atom. The topological polar surface area (TPSA) is 66.6 Å². The van der Waals surface area contributed by atoms with E-state index in [1.54, 1.807) is 10.7 Å². The van der Waals surface area contributed by atoms with Crippen molar-refractivity contribution in [3.05, 3.63) is 48.5 Å². The molecular weight excluding hydrogens is 352 g/mol. The van der Waals surface area contributed by atoms with Crippen LogP contribution in [-0.2, 0) is 0 Å². The molecule has 5 rings (SSSR count). The lowest BCUT2D eigenvalue weighted by Crippen LogP contribution is -2.47. The van der Waals surface area contributed by atoms with Gasteiger partial charge in [0.15, 0.2) is 0 Å². The number of amides is 1. The number of hydrogen-bond acceptors (Lipinski definition) is 5. The standard InChI is InChI=1S/C21H24N6O/c1-25-10-8-21(13-25)7-2-9-26(14-21)19(28)17-5-3-16(4-6-17)18-11-22-20-23-15-24-27(20)12-18/h3-6,11-12,15H,2,7-10,13-14H2,1H3. The Morgan fingerprint density at radius 2 is 1.89 bits per heavy atom. The van der Waals surface area contributed by atoms with E-state index in [-0.39, 0.29) is 5.91 Å². The third kappa shape index (κ3) is 3.05. The second-order valence-electron chi connectivity index (χ2n) is 8.24. The van der Waals surface area contributed by atoms with Crippen LogP contribution < -0.4 is 0 Å². The Kier molecular flexibility index (Phi) is 4.12. The van der Waals surface area contributed by atoms with Gasteiger partial charge in [-0.1, -0.05) is 12.1 Å². The molecule has 2 fully saturated rings. The molecule has 4 heterocycles. The molecule has 7 nitrogen and oxygen atoms in total. The van der Waals surface area contributed by atoms with Crippen LogP contribution in [0.2, 0.25) is 0 Å². The normalized spacial score (nSPS) is 23.0. The van der Waals surface area contributed by atoms with Crippen LogP contribution in [0.5, 0.6) is 0 Å². The maximum atomic E-state index is 13.1. The van der Waals surface area contributed by atoms with E-state index in [0.717, 1.165) is 49.3 Å². The van der Waals surface area contributed by atoms with Crippen LogP contribution in [0.1, 0.15) is 29.6 Å². The summed E-state index contributed by atoms with van der Waals surface area (Å²) in [4.78, 5) is 25.9. The maximum absolute atomic E-state index is 13.1. The molecule has 0 saturated carbocycles. The lowest BCUT2D eigenvalue weighted by molar-refractivity contribution is 0.0534. The number of benzene rings is 1. The monoisotopic (exact) mass is 376 g/mol. The zero-order chi connectivity index (χ0) is 19.1. The van der Waals surface area contributed by atoms with Crippen molar-refractivity contribution in [2.45, 2.75) is 19.3 Å². The van der Waals surface area contributed by atoms with Gasteiger partial charge in [0.25, 0.3) is 11.7 Å². The van der Waals surface area contributed by atoms with Crippen molar-refractivity contribution in [2.75, 3.05) is 33.2 Å². The Balaban J connectivity index is 1.34. The molecule has 1 spiro atoms. The summed E-state index contributed by atoms with van der Waals surface area (Å²) in [7, 11) is 2.18. The van der Waals surface area contributed by atoms with Crippen molar-refractivity contribution in [2.24, 2.45) is 5.41 Å². The predicted molar refractivity (Wildman–Crippen MR) is 106 cm³/mol. The number of piperidine rings is 1. The Bertz CT molecular complexity index is 1010. The first-order valence-electron chi connectivity index (χ1n) is 9.86. The van der Waals surface area contributed by atoms with Gasteiger partial charge in [-0.25, -0.2) is 9.50 Å². The predicted octanol–water partition coefficient (Wildman–Crippen LogP) is 2.35. The van der Waals surface area contributed by atoms with Crippen LogP contribution in [-0.4, -0.2) is 68.5 Å². The second kappa shape index (κ2) is 6.67. The Hall–Kier alpha value is -2.80. The fraction of sp³-hybridized carbons (Fsp3) is 0.429. The van der Waals surface area contributed by atoms with Crippen molar-refractivity contribution in [1.82, 2.24) is 29.4 Å². The van der Waals surface area contributed by atoms with E-state index >= 15 is 0 Å². The van der Waals surface area contributed by atoms with Gasteiger partial charge in [0.1, 0.15) is 6.33 Å². The van der Waals surface area contributed by atoms with Crippen molar-refractivity contribution in [3.8, 4) is 11.1 Å². The second-order valence-corrected chi connectivity index (χ2v) is 8.24. The van der Waals surface area contributed by atoms with E-state index < -0.39 is 0 Å². The zero-order valence-electron chi connectivity index (χ0n) is 16.1. The number of rotatable bonds is 2. The van der Waals surface area contributed by atoms with Gasteiger partial charge in [-0.3, -0.25) is 4.79 Å². The molecule has 1 atom stereocenters. The molecule has 144 valence electrons. The van der Waals surface area contributed by atoms with Crippen LogP contribution in [0.15, 0.2) is 43.0 Å². The molecule has 3 aromatic rings. The molecular formula is C21H24N6O. The van der Waals surface area contributed by atoms with Crippen molar-refractivity contribution in [3.63, 3.8) is 0 Å². The smallest absolute Gasteiger partial charge is 0.253 e. The van der Waals surface area contributed by atoms with Crippen molar-refractivity contribution >= 4 is 11.7 Å². The average Bonchev–Trinajstić information content (AvgIpc) is 3.33. The summed E-state index contributed by atoms with van der Waals surface area (Å²) in [5, 5.41) is 4.13. The lowest BCUT2D eigenvalue weighted by Gasteiger charge is -2.40. The highest BCUT2D eigenvalue weighted by Gasteiger charge is 2.41. The molecule has 2 aliphatic heterocycles. The van der Waals surface area contributed by atoms with E-state index in [1.807, 2.05) is 30.5 Å². The van der Waals surface area contributed by atoms with E-state index in [9.17, 15) is 4.79 Å². The fourth-order valence-electron chi connectivity index (χ4n) is 4.73. The molecule has 2 saturated heterocycles. The number of carbonyl (C=O) groups is 1. The summed E-state index contributed by atoms with van der Waals surface area (Å²) in [5.41, 5.74) is 3.00. The van der Waals surface area contributed by atoms with Gasteiger partial charge in [0.2, 0.25) is 0 Å². The third-order valence-electron chi connectivity index (χ3n) is 6.18. The molecule has 28 heavy (non-hydrogen) atoms. The van der Waals surface area contributed by atoms with E-state index in [2.05, 4.69) is 31.9 Å². The third-order valence-corrected chi connectivity index (χ3v) is 6.18. The minimum Gasteiger partial charge on any atom is -0.338 e. The average molecular weight is 376 g/mol. The first-order valence-corrected chi connectivity index (χ1v) is 9.86. The highest BCUT2D eigenvalue weighted by atomic mass is 16.2. The van der Waals surface area contributed by atoms with Crippen LogP contribution in [0.25, 0.3) is 16.9 Å². The van der Waals surface area contributed by atoms with Gasteiger partial charge < -0.3 is 9.80 Å². The van der Waals surface area contributed by atoms with Gasteiger partial charge in [0, 0.05) is 48.6 Å². The minimum absolute atomic E-state index is 0.144. The summed E-state index contributed by atoms with van der Waals surface area (Å²) in [6.07, 6.45) is 8.70. The van der Waals surface area contributed by atoms with Crippen LogP contribution in [0, 0.1) is 5.41 Å². The van der Waals surface area contributed by atoms with E-state index in [0.29, 0.717) is 11.2 Å². The quantitative estimate of drug-likeness (QED) is 0.687. The van der Waals surface area contributed by atoms with Crippen molar-refractivity contribution in [1.29, 1.82) is 0 Å². The lowest BCUT2D eigenvalue weighted by atomic mass is 9.79. The molecule has 1 unspecified atom stereocenters. The molecule has 1 aromatic carbocycles. The Labute approximate surface area is 164 Å². The van der Waals surface area contributed by atoms with E-state index in [4.69, 9.17) is 0 Å². The number of aromatic nitrogens is 4. The van der Waals surface area contributed by atoms with Gasteiger partial charge >= 0.3 is 0 Å². The largest absolute Gasteiger partial charge is 0.338 e. The summed E-state index contributed by atoms with van der Waals surface area (Å²) >= 11 is 0. The first kappa shape index (κ1) is 17.3. The van der Waals surface area contributed by atoms with Gasteiger partial charge in [-0.2, -0.15) is 10.1 Å². The SMILES string of the molecule is CN1CCC2(CCCN(C(=O)c3ccc(-c4cnc5ncnn5c4)cc3)C2)C1. The zero-order valence-corrected chi connectivity index (χ0v) is 16.1. The summed E-state index contributed by atoms with van der Waals surface area (Å²) in [6.45, 7) is 3.98. The van der Waals surface area contributed by atoms with Crippen LogP contribution >= 0.6 is 0 Å². The summed E-state index contributed by atoms with van der Waals surface area (Å²) in [6, 6.07) is 7.81. The number of likely N-dealkylation sites (tertiary alicyclic amines) is 2. The molecule has 2 aliphatic rings. The molecule has 0 aliphatic carbocycles. The van der Waals surface area contributed by atoms with Crippen LogP contribution in [0.3, 0.4) is 0 Å². The molecule has 1 amide bonds. The highest BCUT2D eigenvalue weighted by Crippen LogP contribution is 2.38. The van der Waals surface area contributed by atoms with Crippen LogP contribution in [0.4, 0.5) is 0 Å². The number of carbonyl (C=O) groups excluding carboxylic acids is 1. The Morgan fingerprint density at radius 3 is 2.68 bits per heavy atom. The summed E-state index contributed by atoms with van der Waals surface area (Å²) in [5.74, 6) is 0.720. The molecule has 2 aromatic heterocycles. The minimum atomic E-state index is 0.144.